The van der Waals surface area contributed by atoms with Gasteiger partial charge in [-0.3, -0.25) is 14.5 Å². The molecule has 10 heteroatoms. The van der Waals surface area contributed by atoms with E-state index in [1.165, 1.54) is 16.2 Å². The maximum Gasteiger partial charge on any atom is 0.301 e. The summed E-state index contributed by atoms with van der Waals surface area (Å²) in [5, 5.41) is 12.0. The first-order valence-electron chi connectivity index (χ1n) is 13.9. The van der Waals surface area contributed by atoms with Crippen molar-refractivity contribution in [1.29, 1.82) is 0 Å². The fourth-order valence-electron chi connectivity index (χ4n) is 5.11. The molecule has 1 unspecified atom stereocenters. The molecule has 3 heterocycles. The van der Waals surface area contributed by atoms with E-state index in [4.69, 9.17) is 23.9 Å². The molecule has 6 rings (SSSR count). The van der Waals surface area contributed by atoms with Crippen molar-refractivity contribution in [2.24, 2.45) is 0 Å². The van der Waals surface area contributed by atoms with Crippen LogP contribution in [0.25, 0.3) is 16.0 Å². The Balaban J connectivity index is 1.53. The van der Waals surface area contributed by atoms with Crippen LogP contribution in [0.1, 0.15) is 43.0 Å². The molecule has 0 saturated carbocycles. The molecule has 1 amide bonds. The van der Waals surface area contributed by atoms with Gasteiger partial charge in [-0.25, -0.2) is 4.98 Å². The Morgan fingerprint density at radius 3 is 2.60 bits per heavy atom. The molecule has 4 aromatic rings. The number of nitrogens with zero attached hydrogens (tertiary/aromatic N) is 2. The average Bonchev–Trinajstić information content (AvgIpc) is 3.53. The van der Waals surface area contributed by atoms with E-state index < -0.39 is 17.7 Å². The maximum atomic E-state index is 13.7. The van der Waals surface area contributed by atoms with Gasteiger partial charge >= 0.3 is 5.91 Å². The molecule has 0 bridgehead atoms. The lowest BCUT2D eigenvalue weighted by Gasteiger charge is -2.24. The number of hydrogen-bond donors (Lipinski definition) is 1. The van der Waals surface area contributed by atoms with E-state index in [0.29, 0.717) is 71.2 Å². The van der Waals surface area contributed by atoms with Gasteiger partial charge < -0.3 is 24.1 Å². The van der Waals surface area contributed by atoms with Crippen LogP contribution in [0, 0.1) is 6.92 Å². The van der Waals surface area contributed by atoms with Crippen molar-refractivity contribution in [3.05, 3.63) is 76.9 Å². The zero-order chi connectivity index (χ0) is 29.4. The Bertz CT molecular complexity index is 1730. The first kappa shape index (κ1) is 27.6. The largest absolute Gasteiger partial charge is 0.507 e. The first-order valence-corrected chi connectivity index (χ1v) is 14.7. The summed E-state index contributed by atoms with van der Waals surface area (Å²) in [5.41, 5.74) is 2.60. The third-order valence-corrected chi connectivity index (χ3v) is 8.06. The standard InChI is InChI=1S/C32H30N2O7S/c1-4-12-39-22-10-7-19(16-24(22)38-5-2)28-27(29(35)20-8-11-23-25(17-20)41-14-13-40-23)30(36)31(37)34(28)32-33-21-9-6-18(3)15-26(21)42-32/h6-11,15-17,28,35H,4-5,12-14H2,1-3H3. The van der Waals surface area contributed by atoms with Gasteiger partial charge in [0.25, 0.3) is 5.78 Å². The lowest BCUT2D eigenvalue weighted by atomic mass is 9.95. The number of anilines is 1. The predicted molar refractivity (Wildman–Crippen MR) is 160 cm³/mol. The van der Waals surface area contributed by atoms with Crippen molar-refractivity contribution in [3.8, 4) is 23.0 Å². The number of ketones is 1. The lowest BCUT2D eigenvalue weighted by Crippen LogP contribution is -2.29. The number of ether oxygens (including phenoxy) is 4. The number of carbonyl (C=O) groups excluding carboxylic acids is 2. The summed E-state index contributed by atoms with van der Waals surface area (Å²) < 4.78 is 24.0. The molecule has 1 N–H and O–H groups in total. The second-order valence-electron chi connectivity index (χ2n) is 9.98. The molecular formula is C32H30N2O7S. The summed E-state index contributed by atoms with van der Waals surface area (Å²) in [5.74, 6) is 0.123. The normalized spacial score (nSPS) is 17.6. The lowest BCUT2D eigenvalue weighted by molar-refractivity contribution is -0.132. The Hall–Kier alpha value is -4.57. The highest BCUT2D eigenvalue weighted by Gasteiger charge is 2.48. The van der Waals surface area contributed by atoms with Crippen molar-refractivity contribution in [2.75, 3.05) is 31.3 Å². The highest BCUT2D eigenvalue weighted by atomic mass is 32.1. The SMILES string of the molecule is CCCOc1ccc(C2C(=C(O)c3ccc4c(c3)OCCO4)C(=O)C(=O)N2c2nc3ccc(C)cc3s2)cc1OCC. The minimum Gasteiger partial charge on any atom is -0.507 e. The fraction of sp³-hybridized carbons (Fsp3) is 0.281. The molecule has 3 aromatic carbocycles. The summed E-state index contributed by atoms with van der Waals surface area (Å²) in [7, 11) is 0. The van der Waals surface area contributed by atoms with Gasteiger partial charge in [-0.15, -0.1) is 0 Å². The van der Waals surface area contributed by atoms with Crippen molar-refractivity contribution < 1.29 is 33.6 Å². The molecule has 0 spiro atoms. The number of aryl methyl sites for hydroxylation is 1. The minimum atomic E-state index is -0.973. The Kier molecular flexibility index (Phi) is 7.47. The van der Waals surface area contributed by atoms with Crippen molar-refractivity contribution >= 4 is 44.1 Å². The first-order chi connectivity index (χ1) is 20.4. The van der Waals surface area contributed by atoms with Crippen LogP contribution in [0.3, 0.4) is 0 Å². The quantitative estimate of drug-likeness (QED) is 0.148. The summed E-state index contributed by atoms with van der Waals surface area (Å²) in [6.07, 6.45) is 0.820. The van der Waals surface area contributed by atoms with Crippen LogP contribution in [0.15, 0.2) is 60.2 Å². The van der Waals surface area contributed by atoms with Crippen LogP contribution >= 0.6 is 11.3 Å². The molecule has 0 radical (unpaired) electrons. The Morgan fingerprint density at radius 2 is 1.81 bits per heavy atom. The molecule has 1 saturated heterocycles. The number of Topliss-reactive ketones (excluding diaryl/α,β-unsaturated/α-hetero) is 1. The molecule has 1 atom stereocenters. The number of aromatic nitrogens is 1. The van der Waals surface area contributed by atoms with Crippen molar-refractivity contribution in [3.63, 3.8) is 0 Å². The summed E-state index contributed by atoms with van der Waals surface area (Å²) in [6, 6.07) is 15.1. The maximum absolute atomic E-state index is 13.7. The topological polar surface area (TPSA) is 107 Å². The summed E-state index contributed by atoms with van der Waals surface area (Å²) in [4.78, 5) is 33.5. The molecule has 42 heavy (non-hydrogen) atoms. The second-order valence-corrected chi connectivity index (χ2v) is 11.0. The number of hydrogen-bond acceptors (Lipinski definition) is 9. The van der Waals surface area contributed by atoms with Crippen molar-refractivity contribution in [2.45, 2.75) is 33.2 Å². The molecule has 0 aliphatic carbocycles. The fourth-order valence-corrected chi connectivity index (χ4v) is 6.20. The molecule has 216 valence electrons. The van der Waals surface area contributed by atoms with Gasteiger partial charge in [-0.2, -0.15) is 0 Å². The van der Waals surface area contributed by atoms with Gasteiger partial charge in [0, 0.05) is 5.56 Å². The van der Waals surface area contributed by atoms with Crippen LogP contribution in [0.4, 0.5) is 5.13 Å². The Labute approximate surface area is 246 Å². The number of rotatable bonds is 8. The monoisotopic (exact) mass is 586 g/mol. The molecule has 9 nitrogen and oxygen atoms in total. The van der Waals surface area contributed by atoms with Gasteiger partial charge in [0.05, 0.1) is 35.0 Å². The predicted octanol–water partition coefficient (Wildman–Crippen LogP) is 6.19. The van der Waals surface area contributed by atoms with E-state index in [2.05, 4.69) is 0 Å². The van der Waals surface area contributed by atoms with E-state index >= 15 is 0 Å². The van der Waals surface area contributed by atoms with Crippen LogP contribution in [0.5, 0.6) is 23.0 Å². The minimum absolute atomic E-state index is 0.0585. The number of thiazole rings is 1. The van der Waals surface area contributed by atoms with Gasteiger partial charge in [0.15, 0.2) is 28.1 Å². The number of benzene rings is 3. The van der Waals surface area contributed by atoms with Crippen molar-refractivity contribution in [1.82, 2.24) is 4.98 Å². The number of aliphatic hydroxyl groups excluding tert-OH is 1. The van der Waals surface area contributed by atoms with Crippen LogP contribution < -0.4 is 23.8 Å². The molecule has 1 aromatic heterocycles. The van der Waals surface area contributed by atoms with Gasteiger partial charge in [-0.1, -0.05) is 30.4 Å². The summed E-state index contributed by atoms with van der Waals surface area (Å²) in [6.45, 7) is 7.55. The van der Waals surface area contributed by atoms with Crippen LogP contribution in [-0.2, 0) is 9.59 Å². The van der Waals surface area contributed by atoms with E-state index in [1.54, 1.807) is 36.4 Å². The van der Waals surface area contributed by atoms with Gasteiger partial charge in [-0.05, 0) is 73.9 Å². The molecule has 2 aliphatic rings. The van der Waals surface area contributed by atoms with E-state index in [1.807, 2.05) is 39.0 Å². The molecule has 1 fully saturated rings. The summed E-state index contributed by atoms with van der Waals surface area (Å²) >= 11 is 1.31. The van der Waals surface area contributed by atoms with E-state index in [0.717, 1.165) is 16.7 Å². The Morgan fingerprint density at radius 1 is 1.00 bits per heavy atom. The zero-order valence-corrected chi connectivity index (χ0v) is 24.3. The number of aliphatic hydroxyl groups is 1. The molecular weight excluding hydrogens is 556 g/mol. The van der Waals surface area contributed by atoms with E-state index in [-0.39, 0.29) is 11.3 Å². The van der Waals surface area contributed by atoms with E-state index in [9.17, 15) is 14.7 Å². The highest BCUT2D eigenvalue weighted by molar-refractivity contribution is 7.22. The third-order valence-electron chi connectivity index (χ3n) is 7.04. The van der Waals surface area contributed by atoms with Gasteiger partial charge in [0.2, 0.25) is 0 Å². The number of fused-ring (bicyclic) bond motifs is 2. The second kappa shape index (κ2) is 11.4. The average molecular weight is 587 g/mol. The number of amides is 1. The molecule has 2 aliphatic heterocycles. The number of carbonyl (C=O) groups is 2. The van der Waals surface area contributed by atoms with Crippen LogP contribution in [0.2, 0.25) is 0 Å². The zero-order valence-electron chi connectivity index (χ0n) is 23.5. The highest BCUT2D eigenvalue weighted by Crippen LogP contribution is 2.46. The van der Waals surface area contributed by atoms with Crippen LogP contribution in [-0.4, -0.2) is 48.2 Å². The third kappa shape index (κ3) is 4.92. The van der Waals surface area contributed by atoms with Gasteiger partial charge in [0.1, 0.15) is 19.0 Å². The smallest absolute Gasteiger partial charge is 0.301 e.